The molecule has 1 amide bonds. The van der Waals surface area contributed by atoms with Gasteiger partial charge in [0.25, 0.3) is 5.56 Å². The normalized spacial score (nSPS) is 16.2. The van der Waals surface area contributed by atoms with Gasteiger partial charge in [-0.25, -0.2) is 4.98 Å². The van der Waals surface area contributed by atoms with Crippen molar-refractivity contribution in [3.05, 3.63) is 51.9 Å². The molecule has 0 radical (unpaired) electrons. The van der Waals surface area contributed by atoms with Crippen LogP contribution < -0.4 is 10.9 Å². The van der Waals surface area contributed by atoms with Gasteiger partial charge in [0.05, 0.1) is 6.04 Å². The van der Waals surface area contributed by atoms with Crippen LogP contribution in [0.15, 0.2) is 40.3 Å². The Morgan fingerprint density at radius 1 is 1.43 bits per heavy atom. The number of aromatic nitrogens is 2. The van der Waals surface area contributed by atoms with Crippen molar-refractivity contribution in [3.63, 3.8) is 0 Å². The van der Waals surface area contributed by atoms with E-state index in [1.54, 1.807) is 22.4 Å². The number of thioether (sulfide) groups is 1. The number of hydrogen-bond donors (Lipinski definition) is 1. The summed E-state index contributed by atoms with van der Waals surface area (Å²) in [6.45, 7) is 3.96. The van der Waals surface area contributed by atoms with Crippen molar-refractivity contribution in [2.24, 2.45) is 0 Å². The van der Waals surface area contributed by atoms with Crippen molar-refractivity contribution in [2.75, 3.05) is 11.1 Å². The molecule has 1 aliphatic rings. The molecule has 0 fully saturated rings. The maximum absolute atomic E-state index is 12.3. The number of fused-ring (bicyclic) bond motifs is 1. The van der Waals surface area contributed by atoms with Gasteiger partial charge in [0.15, 0.2) is 5.16 Å². The zero-order valence-corrected chi connectivity index (χ0v) is 14.0. The Morgan fingerprint density at radius 2 is 2.26 bits per heavy atom. The van der Waals surface area contributed by atoms with Crippen molar-refractivity contribution in [1.29, 1.82) is 0 Å². The van der Waals surface area contributed by atoms with Crippen LogP contribution in [-0.2, 0) is 11.2 Å². The summed E-state index contributed by atoms with van der Waals surface area (Å²) in [5.41, 5.74) is 2.62. The van der Waals surface area contributed by atoms with Crippen LogP contribution in [0.3, 0.4) is 0 Å². The van der Waals surface area contributed by atoms with Gasteiger partial charge in [-0.1, -0.05) is 30.8 Å². The predicted octanol–water partition coefficient (Wildman–Crippen LogP) is 2.79. The van der Waals surface area contributed by atoms with Gasteiger partial charge in [-0.2, -0.15) is 0 Å². The lowest BCUT2D eigenvalue weighted by Crippen LogP contribution is -2.27. The van der Waals surface area contributed by atoms with E-state index in [0.717, 1.165) is 28.5 Å². The molecule has 120 valence electrons. The average Bonchev–Trinajstić information content (AvgIpc) is 2.90. The molecule has 1 aliphatic heterocycles. The van der Waals surface area contributed by atoms with Gasteiger partial charge in [0.2, 0.25) is 5.91 Å². The van der Waals surface area contributed by atoms with Crippen molar-refractivity contribution in [2.45, 2.75) is 37.9 Å². The van der Waals surface area contributed by atoms with Crippen LogP contribution in [0, 0.1) is 6.92 Å². The Labute approximate surface area is 139 Å². The van der Waals surface area contributed by atoms with Gasteiger partial charge in [0, 0.05) is 29.6 Å². The molecule has 0 aliphatic carbocycles. The van der Waals surface area contributed by atoms with Crippen LogP contribution in [-0.4, -0.2) is 21.2 Å². The number of aryl methyl sites for hydroxylation is 2. The van der Waals surface area contributed by atoms with Gasteiger partial charge < -0.3 is 5.32 Å². The van der Waals surface area contributed by atoms with Crippen LogP contribution in [0.4, 0.5) is 5.69 Å². The van der Waals surface area contributed by atoms with E-state index in [0.29, 0.717) is 5.75 Å². The summed E-state index contributed by atoms with van der Waals surface area (Å²) in [4.78, 5) is 29.0. The van der Waals surface area contributed by atoms with E-state index < -0.39 is 0 Å². The van der Waals surface area contributed by atoms with Gasteiger partial charge in [-0.05, 0) is 31.0 Å². The first-order valence-electron chi connectivity index (χ1n) is 7.68. The zero-order chi connectivity index (χ0) is 16.4. The molecule has 1 aromatic carbocycles. The molecular weight excluding hydrogens is 310 g/mol. The molecule has 0 saturated carbocycles. The van der Waals surface area contributed by atoms with Crippen molar-refractivity contribution in [1.82, 2.24) is 9.55 Å². The van der Waals surface area contributed by atoms with Crippen LogP contribution in [0.25, 0.3) is 0 Å². The molecule has 5 nitrogen and oxygen atoms in total. The lowest BCUT2D eigenvalue weighted by Gasteiger charge is -2.13. The van der Waals surface area contributed by atoms with Gasteiger partial charge in [-0.15, -0.1) is 0 Å². The lowest BCUT2D eigenvalue weighted by molar-refractivity contribution is -0.116. The van der Waals surface area contributed by atoms with Crippen LogP contribution in [0.5, 0.6) is 0 Å². The first kappa shape index (κ1) is 15.8. The molecule has 1 atom stereocenters. The largest absolute Gasteiger partial charge is 0.326 e. The van der Waals surface area contributed by atoms with E-state index in [2.05, 4.69) is 10.3 Å². The standard InChI is InChI=1S/C17H19N3O2S/c1-3-12-8-16(22)20-14(10-23-17(20)19-12)9-15(21)18-13-6-4-5-11(2)7-13/h4-8,14H,3,9-10H2,1-2H3,(H,18,21). The van der Waals surface area contributed by atoms with E-state index in [-0.39, 0.29) is 23.9 Å². The molecule has 2 heterocycles. The number of carbonyl (C=O) groups is 1. The predicted molar refractivity (Wildman–Crippen MR) is 92.1 cm³/mol. The van der Waals surface area contributed by atoms with E-state index >= 15 is 0 Å². The van der Waals surface area contributed by atoms with Crippen molar-refractivity contribution in [3.8, 4) is 0 Å². The first-order chi connectivity index (χ1) is 11.1. The molecule has 2 aromatic rings. The van der Waals surface area contributed by atoms with Crippen molar-refractivity contribution >= 4 is 23.4 Å². The van der Waals surface area contributed by atoms with Gasteiger partial charge >= 0.3 is 0 Å². The maximum Gasteiger partial charge on any atom is 0.254 e. The third-order valence-electron chi connectivity index (χ3n) is 3.83. The third kappa shape index (κ3) is 3.47. The molecule has 6 heteroatoms. The van der Waals surface area contributed by atoms with Gasteiger partial charge in [-0.3, -0.25) is 14.2 Å². The summed E-state index contributed by atoms with van der Waals surface area (Å²) >= 11 is 1.54. The number of nitrogens with one attached hydrogen (secondary N) is 1. The number of hydrogen-bond acceptors (Lipinski definition) is 4. The molecule has 3 rings (SSSR count). The SMILES string of the molecule is CCc1cc(=O)n2c(n1)SCC2CC(=O)Nc1cccc(C)c1. The number of amides is 1. The zero-order valence-electron chi connectivity index (χ0n) is 13.2. The highest BCUT2D eigenvalue weighted by Crippen LogP contribution is 2.32. The van der Waals surface area contributed by atoms with Crippen LogP contribution in [0.2, 0.25) is 0 Å². The number of benzene rings is 1. The summed E-state index contributed by atoms with van der Waals surface area (Å²) in [5.74, 6) is 0.622. The van der Waals surface area contributed by atoms with Crippen LogP contribution in [0.1, 0.15) is 30.6 Å². The van der Waals surface area contributed by atoms with E-state index in [1.165, 1.54) is 0 Å². The molecule has 0 spiro atoms. The molecular formula is C17H19N3O2S. The van der Waals surface area contributed by atoms with E-state index in [4.69, 9.17) is 0 Å². The highest BCUT2D eigenvalue weighted by atomic mass is 32.2. The topological polar surface area (TPSA) is 64.0 Å². The quantitative estimate of drug-likeness (QED) is 0.876. The Balaban J connectivity index is 1.73. The number of nitrogens with zero attached hydrogens (tertiary/aromatic N) is 2. The molecule has 23 heavy (non-hydrogen) atoms. The second-order valence-electron chi connectivity index (χ2n) is 5.68. The Kier molecular flexibility index (Phi) is 4.52. The molecule has 0 saturated heterocycles. The molecule has 1 N–H and O–H groups in total. The minimum absolute atomic E-state index is 0.0646. The Hall–Kier alpha value is -2.08. The Morgan fingerprint density at radius 3 is 3.00 bits per heavy atom. The van der Waals surface area contributed by atoms with Crippen molar-refractivity contribution < 1.29 is 4.79 Å². The third-order valence-corrected chi connectivity index (χ3v) is 4.93. The van der Waals surface area contributed by atoms with Crippen LogP contribution >= 0.6 is 11.8 Å². The highest BCUT2D eigenvalue weighted by Gasteiger charge is 2.27. The summed E-state index contributed by atoms with van der Waals surface area (Å²) < 4.78 is 1.65. The van der Waals surface area contributed by atoms with Gasteiger partial charge in [0.1, 0.15) is 0 Å². The fourth-order valence-electron chi connectivity index (χ4n) is 2.68. The second kappa shape index (κ2) is 6.58. The summed E-state index contributed by atoms with van der Waals surface area (Å²) in [7, 11) is 0. The minimum atomic E-state index is -0.134. The minimum Gasteiger partial charge on any atom is -0.326 e. The monoisotopic (exact) mass is 329 g/mol. The number of anilines is 1. The molecule has 1 aromatic heterocycles. The second-order valence-corrected chi connectivity index (χ2v) is 6.67. The van der Waals surface area contributed by atoms with E-state index in [9.17, 15) is 9.59 Å². The summed E-state index contributed by atoms with van der Waals surface area (Å²) in [6.07, 6.45) is 1.02. The average molecular weight is 329 g/mol. The highest BCUT2D eigenvalue weighted by molar-refractivity contribution is 7.99. The summed E-state index contributed by atoms with van der Waals surface area (Å²) in [6, 6.07) is 9.12. The fourth-order valence-corrected chi connectivity index (χ4v) is 3.85. The number of rotatable bonds is 4. The smallest absolute Gasteiger partial charge is 0.254 e. The number of carbonyl (C=O) groups excluding carboxylic acids is 1. The Bertz CT molecular complexity index is 801. The molecule has 0 bridgehead atoms. The molecule has 1 unspecified atom stereocenters. The summed E-state index contributed by atoms with van der Waals surface area (Å²) in [5, 5.41) is 3.62. The fraction of sp³-hybridized carbons (Fsp3) is 0.353. The lowest BCUT2D eigenvalue weighted by atomic mass is 10.2. The maximum atomic E-state index is 12.3. The van der Waals surface area contributed by atoms with E-state index in [1.807, 2.05) is 38.1 Å². The first-order valence-corrected chi connectivity index (χ1v) is 8.67.